The molecule has 3 N–H and O–H groups in total. The smallest absolute Gasteiger partial charge is 0.136 e. The molecule has 0 aliphatic rings. The Kier molecular flexibility index (Phi) is 1.30. The minimum Gasteiger partial charge on any atom is -0.462 e. The van der Waals surface area contributed by atoms with Crippen molar-refractivity contribution >= 4 is 16.7 Å². The minimum atomic E-state index is 0.820. The maximum atomic E-state index is 5.25. The molecule has 0 aliphatic carbocycles. The monoisotopic (exact) mass is 148 g/mol. The molecular formula is C8H8N2O. The molecule has 3 nitrogen and oxygen atoms in total. The number of anilines is 1. The fourth-order valence-electron chi connectivity index (χ4n) is 1.09. The zero-order chi connectivity index (χ0) is 7.68. The molecular weight excluding hydrogens is 140 g/mol. The van der Waals surface area contributed by atoms with Gasteiger partial charge >= 0.3 is 0 Å². The predicted molar refractivity (Wildman–Crippen MR) is 44.0 cm³/mol. The lowest BCUT2D eigenvalue weighted by atomic mass is 10.2. The molecule has 0 unspecified atom stereocenters. The summed E-state index contributed by atoms with van der Waals surface area (Å²) in [5, 5.41) is 1.01. The molecule has 2 aromatic rings. The Hall–Kier alpha value is -1.48. The second-order valence-electron chi connectivity index (χ2n) is 2.29. The van der Waals surface area contributed by atoms with E-state index in [1.807, 2.05) is 24.3 Å². The average Bonchev–Trinajstić information content (AvgIpc) is 2.47. The molecule has 0 fully saturated rings. The number of nitrogens with one attached hydrogen (secondary N) is 1. The number of rotatable bonds is 1. The number of hydrogen-bond acceptors (Lipinski definition) is 3. The van der Waals surface area contributed by atoms with Crippen LogP contribution in [0.4, 0.5) is 5.69 Å². The highest BCUT2D eigenvalue weighted by Crippen LogP contribution is 2.23. The molecule has 0 atom stereocenters. The van der Waals surface area contributed by atoms with Crippen LogP contribution < -0.4 is 11.3 Å². The lowest BCUT2D eigenvalue weighted by Crippen LogP contribution is -2.05. The van der Waals surface area contributed by atoms with Gasteiger partial charge in [-0.25, -0.2) is 0 Å². The molecule has 0 bridgehead atoms. The molecule has 3 heteroatoms. The first-order chi connectivity index (χ1) is 5.42. The number of benzene rings is 1. The van der Waals surface area contributed by atoms with E-state index in [2.05, 4.69) is 5.43 Å². The molecule has 0 spiro atoms. The van der Waals surface area contributed by atoms with Gasteiger partial charge in [-0.2, -0.15) is 0 Å². The summed E-state index contributed by atoms with van der Waals surface area (Å²) in [4.78, 5) is 0. The van der Waals surface area contributed by atoms with E-state index >= 15 is 0 Å². The highest BCUT2D eigenvalue weighted by atomic mass is 16.3. The third kappa shape index (κ3) is 0.860. The second kappa shape index (κ2) is 2.29. The van der Waals surface area contributed by atoms with E-state index in [4.69, 9.17) is 10.3 Å². The van der Waals surface area contributed by atoms with E-state index in [-0.39, 0.29) is 0 Å². The summed E-state index contributed by atoms with van der Waals surface area (Å²) in [5.41, 5.74) is 4.22. The molecule has 0 saturated carbocycles. The number of para-hydroxylation sites is 1. The molecule has 1 aromatic carbocycles. The largest absolute Gasteiger partial charge is 0.462 e. The predicted octanol–water partition coefficient (Wildman–Crippen LogP) is 1.72. The van der Waals surface area contributed by atoms with Crippen molar-refractivity contribution < 1.29 is 4.42 Å². The Morgan fingerprint density at radius 1 is 1.27 bits per heavy atom. The van der Waals surface area contributed by atoms with Crippen LogP contribution in [0.1, 0.15) is 0 Å². The Bertz CT molecular complexity index is 367. The molecule has 0 amide bonds. The third-order valence-electron chi connectivity index (χ3n) is 1.64. The lowest BCUT2D eigenvalue weighted by Gasteiger charge is -1.91. The van der Waals surface area contributed by atoms with Gasteiger partial charge < -0.3 is 9.84 Å². The summed E-state index contributed by atoms with van der Waals surface area (Å²) in [6, 6.07) is 7.72. The van der Waals surface area contributed by atoms with Gasteiger partial charge in [-0.05, 0) is 12.1 Å². The summed E-state index contributed by atoms with van der Waals surface area (Å²) in [5.74, 6) is 5.25. The average molecular weight is 148 g/mol. The van der Waals surface area contributed by atoms with Crippen molar-refractivity contribution in [1.29, 1.82) is 0 Å². The first-order valence-electron chi connectivity index (χ1n) is 3.34. The Morgan fingerprint density at radius 3 is 2.91 bits per heavy atom. The molecule has 56 valence electrons. The van der Waals surface area contributed by atoms with Gasteiger partial charge in [0.15, 0.2) is 0 Å². The molecule has 0 saturated heterocycles. The van der Waals surface area contributed by atoms with E-state index in [0.717, 1.165) is 16.7 Å². The van der Waals surface area contributed by atoms with Crippen molar-refractivity contribution in [3.63, 3.8) is 0 Å². The minimum absolute atomic E-state index is 0.820. The quantitative estimate of drug-likeness (QED) is 0.478. The van der Waals surface area contributed by atoms with Crippen molar-refractivity contribution in [2.75, 3.05) is 5.43 Å². The molecule has 1 aromatic heterocycles. The molecule has 2 rings (SSSR count). The van der Waals surface area contributed by atoms with E-state index in [1.54, 1.807) is 6.26 Å². The summed E-state index contributed by atoms with van der Waals surface area (Å²) in [6.45, 7) is 0. The maximum absolute atomic E-state index is 5.25. The highest BCUT2D eigenvalue weighted by molar-refractivity contribution is 5.90. The van der Waals surface area contributed by atoms with Gasteiger partial charge in [0.1, 0.15) is 11.8 Å². The number of furan rings is 1. The zero-order valence-corrected chi connectivity index (χ0v) is 5.87. The van der Waals surface area contributed by atoms with Crippen LogP contribution in [0, 0.1) is 0 Å². The van der Waals surface area contributed by atoms with E-state index in [9.17, 15) is 0 Å². The molecule has 0 radical (unpaired) electrons. The van der Waals surface area contributed by atoms with Crippen LogP contribution in [0.15, 0.2) is 34.9 Å². The second-order valence-corrected chi connectivity index (χ2v) is 2.29. The third-order valence-corrected chi connectivity index (χ3v) is 1.64. The topological polar surface area (TPSA) is 51.2 Å². The first-order valence-corrected chi connectivity index (χ1v) is 3.34. The van der Waals surface area contributed by atoms with E-state index < -0.39 is 0 Å². The van der Waals surface area contributed by atoms with Crippen LogP contribution in [0.5, 0.6) is 0 Å². The van der Waals surface area contributed by atoms with Crippen molar-refractivity contribution in [2.45, 2.75) is 0 Å². The first kappa shape index (κ1) is 6.24. The SMILES string of the molecule is NNc1coc2ccccc12. The summed E-state index contributed by atoms with van der Waals surface area (Å²) < 4.78 is 5.20. The number of nitrogens with two attached hydrogens (primary N) is 1. The van der Waals surface area contributed by atoms with Crippen molar-refractivity contribution in [3.8, 4) is 0 Å². The number of fused-ring (bicyclic) bond motifs is 1. The van der Waals surface area contributed by atoms with Gasteiger partial charge in [-0.1, -0.05) is 12.1 Å². The fourth-order valence-corrected chi connectivity index (χ4v) is 1.09. The summed E-state index contributed by atoms with van der Waals surface area (Å²) in [7, 11) is 0. The summed E-state index contributed by atoms with van der Waals surface area (Å²) >= 11 is 0. The number of hydrogen-bond donors (Lipinski definition) is 2. The van der Waals surface area contributed by atoms with Gasteiger partial charge in [0.05, 0.1) is 5.69 Å². The summed E-state index contributed by atoms with van der Waals surface area (Å²) in [6.07, 6.45) is 1.60. The van der Waals surface area contributed by atoms with E-state index in [0.29, 0.717) is 0 Å². The van der Waals surface area contributed by atoms with Crippen molar-refractivity contribution in [3.05, 3.63) is 30.5 Å². The zero-order valence-electron chi connectivity index (χ0n) is 5.87. The Morgan fingerprint density at radius 2 is 2.09 bits per heavy atom. The van der Waals surface area contributed by atoms with Gasteiger partial charge in [0.2, 0.25) is 0 Å². The Balaban J connectivity index is 2.76. The van der Waals surface area contributed by atoms with Gasteiger partial charge in [-0.15, -0.1) is 0 Å². The Labute approximate surface area is 63.8 Å². The van der Waals surface area contributed by atoms with Crippen LogP contribution in [0.25, 0.3) is 11.0 Å². The van der Waals surface area contributed by atoms with Crippen LogP contribution in [-0.4, -0.2) is 0 Å². The van der Waals surface area contributed by atoms with Crippen molar-refractivity contribution in [2.24, 2.45) is 5.84 Å². The molecule has 11 heavy (non-hydrogen) atoms. The number of hydrazine groups is 1. The standard InChI is InChI=1S/C8H8N2O/c9-10-7-5-11-8-4-2-1-3-6(7)8/h1-5,10H,9H2. The van der Waals surface area contributed by atoms with Crippen LogP contribution in [0.2, 0.25) is 0 Å². The fraction of sp³-hybridized carbons (Fsp3) is 0. The maximum Gasteiger partial charge on any atom is 0.136 e. The van der Waals surface area contributed by atoms with Crippen LogP contribution >= 0.6 is 0 Å². The molecule has 1 heterocycles. The van der Waals surface area contributed by atoms with Crippen LogP contribution in [-0.2, 0) is 0 Å². The normalized spacial score (nSPS) is 10.3. The van der Waals surface area contributed by atoms with Gasteiger partial charge in [0, 0.05) is 5.39 Å². The lowest BCUT2D eigenvalue weighted by molar-refractivity contribution is 0.617. The van der Waals surface area contributed by atoms with Gasteiger partial charge in [-0.3, -0.25) is 5.84 Å². The van der Waals surface area contributed by atoms with Gasteiger partial charge in [0.25, 0.3) is 0 Å². The number of nitrogen functional groups attached to an aromatic ring is 1. The highest BCUT2D eigenvalue weighted by Gasteiger charge is 2.00. The van der Waals surface area contributed by atoms with Crippen molar-refractivity contribution in [1.82, 2.24) is 0 Å². The van der Waals surface area contributed by atoms with Crippen LogP contribution in [0.3, 0.4) is 0 Å². The molecule has 0 aliphatic heterocycles. The van der Waals surface area contributed by atoms with E-state index in [1.165, 1.54) is 0 Å².